The minimum Gasteiger partial charge on any atom is -0.480 e. The fourth-order valence-corrected chi connectivity index (χ4v) is 2.28. The van der Waals surface area contributed by atoms with E-state index in [1.165, 1.54) is 6.92 Å². The summed E-state index contributed by atoms with van der Waals surface area (Å²) in [5.74, 6) is -1.23. The minimum absolute atomic E-state index is 0.0101. The Balaban J connectivity index is 2.67. The van der Waals surface area contributed by atoms with Crippen molar-refractivity contribution >= 4 is 12.0 Å². The molecule has 7 heteroatoms. The van der Waals surface area contributed by atoms with E-state index in [0.717, 1.165) is 19.5 Å². The molecule has 3 atom stereocenters. The first-order valence-corrected chi connectivity index (χ1v) is 6.49. The van der Waals surface area contributed by atoms with E-state index >= 15 is 0 Å². The Hall–Kier alpha value is -1.34. The molecule has 1 heterocycles. The van der Waals surface area contributed by atoms with Gasteiger partial charge in [0.1, 0.15) is 0 Å². The first kappa shape index (κ1) is 15.7. The summed E-state index contributed by atoms with van der Waals surface area (Å²) in [4.78, 5) is 26.8. The van der Waals surface area contributed by atoms with Crippen molar-refractivity contribution in [3.63, 3.8) is 0 Å². The highest BCUT2D eigenvalue weighted by atomic mass is 16.4. The van der Waals surface area contributed by atoms with Crippen molar-refractivity contribution in [1.29, 1.82) is 0 Å². The van der Waals surface area contributed by atoms with Crippen LogP contribution in [-0.2, 0) is 4.79 Å². The zero-order chi connectivity index (χ0) is 14.6. The van der Waals surface area contributed by atoms with Crippen LogP contribution in [-0.4, -0.2) is 76.9 Å². The topological polar surface area (TPSA) is 93.1 Å². The highest BCUT2D eigenvalue weighted by Crippen LogP contribution is 2.09. The van der Waals surface area contributed by atoms with Crippen molar-refractivity contribution in [2.24, 2.45) is 0 Å². The van der Waals surface area contributed by atoms with Gasteiger partial charge in [-0.3, -0.25) is 0 Å². The summed E-state index contributed by atoms with van der Waals surface area (Å²) in [6, 6.07) is -1.70. The van der Waals surface area contributed by atoms with E-state index in [2.05, 4.69) is 10.2 Å². The third-order valence-electron chi connectivity index (χ3n) is 3.34. The molecule has 3 unspecified atom stereocenters. The molecule has 3 N–H and O–H groups in total. The summed E-state index contributed by atoms with van der Waals surface area (Å²) >= 11 is 0. The minimum atomic E-state index is -1.28. The Labute approximate surface area is 113 Å². The van der Waals surface area contributed by atoms with E-state index in [4.69, 9.17) is 5.11 Å². The molecule has 1 aliphatic heterocycles. The number of amides is 2. The van der Waals surface area contributed by atoms with Gasteiger partial charge in [-0.2, -0.15) is 0 Å². The number of urea groups is 1. The van der Waals surface area contributed by atoms with Crippen LogP contribution in [0.5, 0.6) is 0 Å². The van der Waals surface area contributed by atoms with E-state index in [9.17, 15) is 14.7 Å². The van der Waals surface area contributed by atoms with E-state index < -0.39 is 24.1 Å². The molecule has 7 nitrogen and oxygen atoms in total. The van der Waals surface area contributed by atoms with Crippen molar-refractivity contribution in [3.05, 3.63) is 0 Å². The standard InChI is InChI=1S/C12H23N3O4/c1-8-7-14(3)5-4-6-15(8)12(19)13-10(9(2)16)11(17)18/h8-10,16H,4-7H2,1-3H3,(H,13,19)(H,17,18). The highest BCUT2D eigenvalue weighted by molar-refractivity contribution is 5.83. The van der Waals surface area contributed by atoms with E-state index in [0.29, 0.717) is 6.54 Å². The molecule has 0 aromatic heterocycles. The number of aliphatic hydroxyl groups excluding tert-OH is 1. The summed E-state index contributed by atoms with van der Waals surface area (Å²) in [7, 11) is 1.99. The average Bonchev–Trinajstić information content (AvgIpc) is 2.45. The van der Waals surface area contributed by atoms with Gasteiger partial charge in [0.25, 0.3) is 0 Å². The van der Waals surface area contributed by atoms with Crippen LogP contribution in [0.2, 0.25) is 0 Å². The maximum absolute atomic E-state index is 12.1. The molecule has 0 aliphatic carbocycles. The van der Waals surface area contributed by atoms with Gasteiger partial charge in [0.15, 0.2) is 6.04 Å². The molecule has 110 valence electrons. The molecule has 0 aromatic rings. The molecule has 1 saturated heterocycles. The van der Waals surface area contributed by atoms with E-state index in [1.54, 1.807) is 4.90 Å². The fourth-order valence-electron chi connectivity index (χ4n) is 2.28. The van der Waals surface area contributed by atoms with Crippen LogP contribution in [0.25, 0.3) is 0 Å². The van der Waals surface area contributed by atoms with Crippen LogP contribution < -0.4 is 5.32 Å². The molecule has 0 saturated carbocycles. The fraction of sp³-hybridized carbons (Fsp3) is 0.833. The van der Waals surface area contributed by atoms with Gasteiger partial charge in [0.2, 0.25) is 0 Å². The normalized spacial score (nSPS) is 24.4. The summed E-state index contributed by atoms with van der Waals surface area (Å²) in [6.07, 6.45) is -0.285. The predicted molar refractivity (Wildman–Crippen MR) is 69.9 cm³/mol. The van der Waals surface area contributed by atoms with Gasteiger partial charge in [-0.05, 0) is 33.9 Å². The second-order valence-corrected chi connectivity index (χ2v) is 5.16. The lowest BCUT2D eigenvalue weighted by Gasteiger charge is -2.30. The molecule has 0 bridgehead atoms. The maximum atomic E-state index is 12.1. The predicted octanol–water partition coefficient (Wildman–Crippen LogP) is -0.444. The molecule has 0 radical (unpaired) electrons. The zero-order valence-electron chi connectivity index (χ0n) is 11.7. The number of aliphatic carboxylic acids is 1. The zero-order valence-corrected chi connectivity index (χ0v) is 11.7. The lowest BCUT2D eigenvalue weighted by molar-refractivity contribution is -0.141. The van der Waals surface area contributed by atoms with Crippen LogP contribution in [0, 0.1) is 0 Å². The number of carbonyl (C=O) groups excluding carboxylic acids is 1. The third-order valence-corrected chi connectivity index (χ3v) is 3.34. The molecule has 2 amide bonds. The van der Waals surface area contributed by atoms with Gasteiger partial charge in [-0.15, -0.1) is 0 Å². The molecule has 0 spiro atoms. The van der Waals surface area contributed by atoms with Crippen LogP contribution >= 0.6 is 0 Å². The van der Waals surface area contributed by atoms with Crippen molar-refractivity contribution in [2.45, 2.75) is 38.5 Å². The van der Waals surface area contributed by atoms with Crippen LogP contribution in [0.3, 0.4) is 0 Å². The number of hydrogen-bond donors (Lipinski definition) is 3. The summed E-state index contributed by atoms with van der Waals surface area (Å²) < 4.78 is 0. The second-order valence-electron chi connectivity index (χ2n) is 5.16. The highest BCUT2D eigenvalue weighted by Gasteiger charge is 2.30. The first-order valence-electron chi connectivity index (χ1n) is 6.49. The van der Waals surface area contributed by atoms with Crippen molar-refractivity contribution in [2.75, 3.05) is 26.7 Å². The summed E-state index contributed by atoms with van der Waals surface area (Å²) in [5.41, 5.74) is 0. The Bertz CT molecular complexity index is 335. The largest absolute Gasteiger partial charge is 0.480 e. The smallest absolute Gasteiger partial charge is 0.328 e. The number of carbonyl (C=O) groups is 2. The molecule has 0 aromatic carbocycles. The first-order chi connectivity index (χ1) is 8.82. The molecule has 1 aliphatic rings. The SMILES string of the molecule is CC(O)C(NC(=O)N1CCCN(C)CC1C)C(=O)O. The van der Waals surface area contributed by atoms with Gasteiger partial charge in [0.05, 0.1) is 6.10 Å². The monoisotopic (exact) mass is 273 g/mol. The van der Waals surface area contributed by atoms with Gasteiger partial charge in [0, 0.05) is 19.1 Å². The number of rotatable bonds is 3. The number of nitrogens with zero attached hydrogens (tertiary/aromatic N) is 2. The van der Waals surface area contributed by atoms with Crippen LogP contribution in [0.1, 0.15) is 20.3 Å². The number of nitrogens with one attached hydrogen (secondary N) is 1. The van der Waals surface area contributed by atoms with Gasteiger partial charge >= 0.3 is 12.0 Å². The quantitative estimate of drug-likeness (QED) is 0.648. The van der Waals surface area contributed by atoms with Crippen molar-refractivity contribution in [1.82, 2.24) is 15.1 Å². The molecular formula is C12H23N3O4. The molecular weight excluding hydrogens is 250 g/mol. The number of carboxylic acids is 1. The van der Waals surface area contributed by atoms with Crippen LogP contribution in [0.15, 0.2) is 0 Å². The average molecular weight is 273 g/mol. The second kappa shape index (κ2) is 6.72. The molecule has 19 heavy (non-hydrogen) atoms. The lowest BCUT2D eigenvalue weighted by Crippen LogP contribution is -2.54. The van der Waals surface area contributed by atoms with E-state index in [1.807, 2.05) is 14.0 Å². The summed E-state index contributed by atoms with van der Waals surface area (Å²) in [5, 5.41) is 20.7. The van der Waals surface area contributed by atoms with Gasteiger partial charge < -0.3 is 25.3 Å². The Kier molecular flexibility index (Phi) is 5.56. The maximum Gasteiger partial charge on any atom is 0.328 e. The number of hydrogen-bond acceptors (Lipinski definition) is 4. The summed E-state index contributed by atoms with van der Waals surface area (Å²) in [6.45, 7) is 5.52. The van der Waals surface area contributed by atoms with E-state index in [-0.39, 0.29) is 6.04 Å². The van der Waals surface area contributed by atoms with Crippen LogP contribution in [0.4, 0.5) is 4.79 Å². The third kappa shape index (κ3) is 4.36. The Morgan fingerprint density at radius 1 is 1.37 bits per heavy atom. The van der Waals surface area contributed by atoms with Crippen molar-refractivity contribution < 1.29 is 19.8 Å². The Morgan fingerprint density at radius 2 is 2.00 bits per heavy atom. The number of carboxylic acid groups (broad SMARTS) is 1. The Morgan fingerprint density at radius 3 is 2.53 bits per heavy atom. The molecule has 1 rings (SSSR count). The molecule has 1 fully saturated rings. The number of aliphatic hydroxyl groups is 1. The number of likely N-dealkylation sites (N-methyl/N-ethyl adjacent to an activating group) is 1. The van der Waals surface area contributed by atoms with Gasteiger partial charge in [-0.1, -0.05) is 0 Å². The lowest BCUT2D eigenvalue weighted by atomic mass is 10.2. The van der Waals surface area contributed by atoms with Crippen molar-refractivity contribution in [3.8, 4) is 0 Å². The van der Waals surface area contributed by atoms with Gasteiger partial charge in [-0.25, -0.2) is 9.59 Å².